The predicted octanol–water partition coefficient (Wildman–Crippen LogP) is 1.19. The van der Waals surface area contributed by atoms with Gasteiger partial charge in [-0.05, 0) is 0 Å². The molecule has 0 bridgehead atoms. The van der Waals surface area contributed by atoms with E-state index in [2.05, 4.69) is 15.5 Å². The number of rotatable bonds is 3. The molecular formula is C9H14ClN5. The third-order valence-corrected chi connectivity index (χ3v) is 1.96. The van der Waals surface area contributed by atoms with Crippen LogP contribution in [-0.4, -0.2) is 19.6 Å². The highest BCUT2D eigenvalue weighted by Crippen LogP contribution is 2.06. The van der Waals surface area contributed by atoms with E-state index in [9.17, 15) is 0 Å². The van der Waals surface area contributed by atoms with Crippen LogP contribution in [0.4, 0.5) is 5.69 Å². The number of nitrogens with one attached hydrogen (secondary N) is 1. The molecule has 0 aliphatic rings. The average Bonchev–Trinajstić information content (AvgIpc) is 2.72. The summed E-state index contributed by atoms with van der Waals surface area (Å²) in [5.74, 6) is 0. The number of anilines is 1. The molecule has 0 fully saturated rings. The lowest BCUT2D eigenvalue weighted by atomic mass is 10.3. The van der Waals surface area contributed by atoms with Crippen LogP contribution in [0.5, 0.6) is 0 Å². The van der Waals surface area contributed by atoms with Crippen molar-refractivity contribution in [1.82, 2.24) is 19.6 Å². The Kier molecular flexibility index (Phi) is 3.74. The van der Waals surface area contributed by atoms with Crippen molar-refractivity contribution in [3.63, 3.8) is 0 Å². The van der Waals surface area contributed by atoms with E-state index in [1.165, 1.54) is 0 Å². The lowest BCUT2D eigenvalue weighted by Crippen LogP contribution is -1.97. The number of aryl methyl sites for hydroxylation is 2. The van der Waals surface area contributed by atoms with Gasteiger partial charge in [0.1, 0.15) is 0 Å². The number of nitrogens with zero attached hydrogens (tertiary/aromatic N) is 4. The normalized spacial score (nSPS) is 9.73. The van der Waals surface area contributed by atoms with E-state index in [1.54, 1.807) is 15.6 Å². The lowest BCUT2D eigenvalue weighted by molar-refractivity contribution is 0.767. The van der Waals surface area contributed by atoms with E-state index in [0.717, 1.165) is 17.8 Å². The van der Waals surface area contributed by atoms with Crippen molar-refractivity contribution >= 4 is 18.1 Å². The molecule has 6 heteroatoms. The molecule has 0 unspecified atom stereocenters. The Morgan fingerprint density at radius 3 is 2.33 bits per heavy atom. The summed E-state index contributed by atoms with van der Waals surface area (Å²) in [5.41, 5.74) is 2.19. The number of aromatic nitrogens is 4. The molecule has 82 valence electrons. The molecule has 0 atom stereocenters. The summed E-state index contributed by atoms with van der Waals surface area (Å²) in [7, 11) is 3.81. The lowest BCUT2D eigenvalue weighted by Gasteiger charge is -1.99. The quantitative estimate of drug-likeness (QED) is 0.857. The first kappa shape index (κ1) is 11.6. The fourth-order valence-corrected chi connectivity index (χ4v) is 1.28. The smallest absolute Gasteiger partial charge is 0.0729 e. The molecule has 5 nitrogen and oxygen atoms in total. The SMILES string of the molecule is Cl.Cn1cc(CNc2cnn(C)c2)cn1. The number of halogens is 1. The van der Waals surface area contributed by atoms with Crippen LogP contribution in [0.25, 0.3) is 0 Å². The van der Waals surface area contributed by atoms with Gasteiger partial charge in [0.25, 0.3) is 0 Å². The van der Waals surface area contributed by atoms with Crippen LogP contribution in [0.1, 0.15) is 5.56 Å². The van der Waals surface area contributed by atoms with Gasteiger partial charge in [-0.2, -0.15) is 10.2 Å². The highest BCUT2D eigenvalue weighted by Gasteiger charge is 1.97. The molecule has 0 aromatic carbocycles. The molecule has 0 saturated heterocycles. The zero-order valence-electron chi connectivity index (χ0n) is 8.71. The van der Waals surface area contributed by atoms with Gasteiger partial charge in [-0.25, -0.2) is 0 Å². The van der Waals surface area contributed by atoms with Crippen LogP contribution >= 0.6 is 12.4 Å². The Labute approximate surface area is 94.5 Å². The largest absolute Gasteiger partial charge is 0.378 e. The minimum Gasteiger partial charge on any atom is -0.378 e. The van der Waals surface area contributed by atoms with Crippen LogP contribution in [0, 0.1) is 0 Å². The second-order valence-corrected chi connectivity index (χ2v) is 3.28. The minimum atomic E-state index is 0. The Bertz CT molecular complexity index is 379. The molecular weight excluding hydrogens is 214 g/mol. The standard InChI is InChI=1S/C9H13N5.ClH/c1-13-6-8(4-11-13)3-10-9-5-12-14(2)7-9;/h4-7,10H,3H2,1-2H3;1H. The van der Waals surface area contributed by atoms with Crippen molar-refractivity contribution in [3.8, 4) is 0 Å². The van der Waals surface area contributed by atoms with Crippen LogP contribution in [-0.2, 0) is 20.6 Å². The van der Waals surface area contributed by atoms with E-state index in [-0.39, 0.29) is 12.4 Å². The zero-order chi connectivity index (χ0) is 9.97. The van der Waals surface area contributed by atoms with Gasteiger partial charge in [0.2, 0.25) is 0 Å². The van der Waals surface area contributed by atoms with Gasteiger partial charge >= 0.3 is 0 Å². The summed E-state index contributed by atoms with van der Waals surface area (Å²) >= 11 is 0. The molecule has 2 rings (SSSR count). The maximum Gasteiger partial charge on any atom is 0.0729 e. The molecule has 0 amide bonds. The molecule has 0 spiro atoms. The molecule has 15 heavy (non-hydrogen) atoms. The van der Waals surface area contributed by atoms with Gasteiger partial charge in [-0.15, -0.1) is 12.4 Å². The van der Waals surface area contributed by atoms with Crippen LogP contribution in [0.2, 0.25) is 0 Å². The molecule has 2 heterocycles. The molecule has 1 N–H and O–H groups in total. The first-order valence-corrected chi connectivity index (χ1v) is 4.44. The molecule has 0 saturated carbocycles. The van der Waals surface area contributed by atoms with Crippen molar-refractivity contribution in [2.75, 3.05) is 5.32 Å². The number of hydrogen-bond acceptors (Lipinski definition) is 3. The highest BCUT2D eigenvalue weighted by atomic mass is 35.5. The Morgan fingerprint density at radius 2 is 1.80 bits per heavy atom. The summed E-state index contributed by atoms with van der Waals surface area (Å²) in [4.78, 5) is 0. The fourth-order valence-electron chi connectivity index (χ4n) is 1.28. The van der Waals surface area contributed by atoms with Crippen molar-refractivity contribution in [3.05, 3.63) is 30.4 Å². The Morgan fingerprint density at radius 1 is 1.13 bits per heavy atom. The van der Waals surface area contributed by atoms with E-state index >= 15 is 0 Å². The third kappa shape index (κ3) is 2.99. The van der Waals surface area contributed by atoms with Crippen LogP contribution < -0.4 is 5.32 Å². The number of hydrogen-bond donors (Lipinski definition) is 1. The first-order chi connectivity index (χ1) is 6.74. The van der Waals surface area contributed by atoms with Crippen LogP contribution in [0.15, 0.2) is 24.8 Å². The van der Waals surface area contributed by atoms with Crippen molar-refractivity contribution in [1.29, 1.82) is 0 Å². The second kappa shape index (κ2) is 4.84. The average molecular weight is 228 g/mol. The summed E-state index contributed by atoms with van der Waals surface area (Å²) in [6.45, 7) is 0.777. The topological polar surface area (TPSA) is 47.7 Å². The van der Waals surface area contributed by atoms with Gasteiger partial charge in [-0.3, -0.25) is 9.36 Å². The monoisotopic (exact) mass is 227 g/mol. The minimum absolute atomic E-state index is 0. The first-order valence-electron chi connectivity index (χ1n) is 4.44. The fraction of sp³-hybridized carbons (Fsp3) is 0.333. The predicted molar refractivity (Wildman–Crippen MR) is 61.0 cm³/mol. The third-order valence-electron chi connectivity index (χ3n) is 1.96. The van der Waals surface area contributed by atoms with E-state index < -0.39 is 0 Å². The zero-order valence-corrected chi connectivity index (χ0v) is 9.53. The summed E-state index contributed by atoms with van der Waals surface area (Å²) in [6, 6.07) is 0. The highest BCUT2D eigenvalue weighted by molar-refractivity contribution is 5.85. The maximum atomic E-state index is 4.09. The summed E-state index contributed by atoms with van der Waals surface area (Å²) in [5, 5.41) is 11.4. The Hall–Kier alpha value is -1.49. The van der Waals surface area contributed by atoms with Crippen molar-refractivity contribution in [2.45, 2.75) is 6.54 Å². The molecule has 2 aromatic rings. The van der Waals surface area contributed by atoms with Gasteiger partial charge < -0.3 is 5.32 Å². The Balaban J connectivity index is 0.00000112. The van der Waals surface area contributed by atoms with Crippen molar-refractivity contribution in [2.24, 2.45) is 14.1 Å². The van der Waals surface area contributed by atoms with E-state index in [0.29, 0.717) is 0 Å². The van der Waals surface area contributed by atoms with Gasteiger partial charge in [0.05, 0.1) is 18.1 Å². The molecule has 0 radical (unpaired) electrons. The second-order valence-electron chi connectivity index (χ2n) is 3.28. The summed E-state index contributed by atoms with van der Waals surface area (Å²) < 4.78 is 3.56. The summed E-state index contributed by atoms with van der Waals surface area (Å²) in [6.07, 6.45) is 7.58. The van der Waals surface area contributed by atoms with Gasteiger partial charge in [0.15, 0.2) is 0 Å². The van der Waals surface area contributed by atoms with Crippen LogP contribution in [0.3, 0.4) is 0 Å². The van der Waals surface area contributed by atoms with E-state index in [1.807, 2.05) is 32.7 Å². The van der Waals surface area contributed by atoms with Gasteiger partial charge in [0, 0.05) is 38.6 Å². The van der Waals surface area contributed by atoms with Gasteiger partial charge in [-0.1, -0.05) is 0 Å². The molecule has 0 aliphatic heterocycles. The van der Waals surface area contributed by atoms with E-state index in [4.69, 9.17) is 0 Å². The van der Waals surface area contributed by atoms with Crippen molar-refractivity contribution < 1.29 is 0 Å². The molecule has 2 aromatic heterocycles. The maximum absolute atomic E-state index is 4.09. The molecule has 0 aliphatic carbocycles.